The minimum atomic E-state index is -3.72. The maximum Gasteiger partial charge on any atom is 0.246 e. The number of sulfonamides is 1. The first-order valence-corrected chi connectivity index (χ1v) is 9.23. The highest BCUT2D eigenvalue weighted by molar-refractivity contribution is 7.89. The Bertz CT molecular complexity index is 825. The standard InChI is InChI=1S/C16H20N2O5S/c1-4-21-14-7-5-6-12-8-13(9-22-15(12)14)18-24(19,20)16-10(2)17-23-11(16)3/h5-7,13,18H,4,8-9H2,1-3H3/t13-/m0/s1. The van der Waals surface area contributed by atoms with Crippen LogP contribution in [0.2, 0.25) is 0 Å². The van der Waals surface area contributed by atoms with Crippen LogP contribution < -0.4 is 14.2 Å². The van der Waals surface area contributed by atoms with Gasteiger partial charge in [-0.05, 0) is 38.8 Å². The van der Waals surface area contributed by atoms with E-state index in [4.69, 9.17) is 14.0 Å². The third-order valence-electron chi connectivity index (χ3n) is 3.81. The number of ether oxygens (including phenoxy) is 2. The summed E-state index contributed by atoms with van der Waals surface area (Å²) in [6.45, 7) is 5.87. The van der Waals surface area contributed by atoms with Gasteiger partial charge < -0.3 is 14.0 Å². The Morgan fingerprint density at radius 1 is 1.38 bits per heavy atom. The Balaban J connectivity index is 1.80. The first-order chi connectivity index (χ1) is 11.4. The summed E-state index contributed by atoms with van der Waals surface area (Å²) in [4.78, 5) is 0.0939. The maximum atomic E-state index is 12.6. The van der Waals surface area contributed by atoms with Gasteiger partial charge in [0.15, 0.2) is 17.3 Å². The average molecular weight is 352 g/mol. The Labute approximate surface area is 141 Å². The van der Waals surface area contributed by atoms with Gasteiger partial charge in [-0.15, -0.1) is 0 Å². The summed E-state index contributed by atoms with van der Waals surface area (Å²) in [5.41, 5.74) is 1.26. The minimum Gasteiger partial charge on any atom is -0.490 e. The van der Waals surface area contributed by atoms with Crippen molar-refractivity contribution in [3.05, 3.63) is 35.2 Å². The van der Waals surface area contributed by atoms with Gasteiger partial charge in [0.1, 0.15) is 17.2 Å². The fourth-order valence-corrected chi connectivity index (χ4v) is 4.43. The van der Waals surface area contributed by atoms with Crippen molar-refractivity contribution in [1.82, 2.24) is 9.88 Å². The van der Waals surface area contributed by atoms with Crippen molar-refractivity contribution in [2.45, 2.75) is 38.1 Å². The second-order valence-corrected chi connectivity index (χ2v) is 7.31. The lowest BCUT2D eigenvalue weighted by atomic mass is 10.0. The van der Waals surface area contributed by atoms with Crippen molar-refractivity contribution < 1.29 is 22.4 Å². The number of aromatic nitrogens is 1. The van der Waals surface area contributed by atoms with Gasteiger partial charge in [0, 0.05) is 0 Å². The van der Waals surface area contributed by atoms with Crippen molar-refractivity contribution in [3.63, 3.8) is 0 Å². The second kappa shape index (κ2) is 6.45. The van der Waals surface area contributed by atoms with Crippen molar-refractivity contribution >= 4 is 10.0 Å². The van der Waals surface area contributed by atoms with Crippen LogP contribution in [0.4, 0.5) is 0 Å². The van der Waals surface area contributed by atoms with Gasteiger partial charge in [0.05, 0.1) is 12.6 Å². The number of nitrogens with zero attached hydrogens (tertiary/aromatic N) is 1. The Hall–Kier alpha value is -2.06. The summed E-state index contributed by atoms with van der Waals surface area (Å²) in [6.07, 6.45) is 0.527. The molecule has 3 rings (SSSR count). The highest BCUT2D eigenvalue weighted by Gasteiger charge is 2.30. The molecule has 1 atom stereocenters. The molecule has 130 valence electrons. The van der Waals surface area contributed by atoms with Gasteiger partial charge in [0.2, 0.25) is 10.0 Å². The van der Waals surface area contributed by atoms with E-state index >= 15 is 0 Å². The molecule has 0 aliphatic carbocycles. The summed E-state index contributed by atoms with van der Waals surface area (Å²) in [6, 6.07) is 5.26. The highest BCUT2D eigenvalue weighted by Crippen LogP contribution is 2.35. The fourth-order valence-electron chi connectivity index (χ4n) is 2.88. The zero-order chi connectivity index (χ0) is 17.3. The van der Waals surface area contributed by atoms with E-state index in [1.807, 2.05) is 25.1 Å². The quantitative estimate of drug-likeness (QED) is 0.885. The number of aryl methyl sites for hydroxylation is 2. The van der Waals surface area contributed by atoms with Crippen LogP contribution in [0.15, 0.2) is 27.6 Å². The number of fused-ring (bicyclic) bond motifs is 1. The molecule has 0 amide bonds. The van der Waals surface area contributed by atoms with Crippen LogP contribution in [0.25, 0.3) is 0 Å². The lowest BCUT2D eigenvalue weighted by molar-refractivity contribution is 0.233. The monoisotopic (exact) mass is 352 g/mol. The summed E-state index contributed by atoms with van der Waals surface area (Å²) >= 11 is 0. The van der Waals surface area contributed by atoms with Crippen LogP contribution in [0.1, 0.15) is 23.9 Å². The number of rotatable bonds is 5. The third kappa shape index (κ3) is 3.11. The largest absolute Gasteiger partial charge is 0.490 e. The molecular weight excluding hydrogens is 332 g/mol. The van der Waals surface area contributed by atoms with E-state index < -0.39 is 10.0 Å². The molecule has 1 aromatic carbocycles. The van der Waals surface area contributed by atoms with E-state index in [9.17, 15) is 8.42 Å². The van der Waals surface area contributed by atoms with Gasteiger partial charge in [-0.25, -0.2) is 13.1 Å². The number of hydrogen-bond donors (Lipinski definition) is 1. The smallest absolute Gasteiger partial charge is 0.246 e. The Kier molecular flexibility index (Phi) is 4.51. The van der Waals surface area contributed by atoms with Gasteiger partial charge in [-0.1, -0.05) is 17.3 Å². The molecule has 2 heterocycles. The molecule has 24 heavy (non-hydrogen) atoms. The molecule has 1 aliphatic heterocycles. The van der Waals surface area contributed by atoms with E-state index in [1.54, 1.807) is 13.8 Å². The average Bonchev–Trinajstić information content (AvgIpc) is 2.87. The van der Waals surface area contributed by atoms with E-state index in [1.165, 1.54) is 0 Å². The number of nitrogens with one attached hydrogen (secondary N) is 1. The molecule has 0 saturated carbocycles. The molecule has 0 unspecified atom stereocenters. The second-order valence-electron chi connectivity index (χ2n) is 5.66. The zero-order valence-corrected chi connectivity index (χ0v) is 14.6. The van der Waals surface area contributed by atoms with Gasteiger partial charge >= 0.3 is 0 Å². The number of para-hydroxylation sites is 1. The minimum absolute atomic E-state index is 0.0939. The Morgan fingerprint density at radius 3 is 2.83 bits per heavy atom. The van der Waals surface area contributed by atoms with E-state index in [-0.39, 0.29) is 23.3 Å². The van der Waals surface area contributed by atoms with Gasteiger partial charge in [-0.2, -0.15) is 0 Å². The lowest BCUT2D eigenvalue weighted by Gasteiger charge is -2.27. The van der Waals surface area contributed by atoms with Gasteiger partial charge in [-0.3, -0.25) is 0 Å². The van der Waals surface area contributed by atoms with Crippen LogP contribution in [-0.2, 0) is 16.4 Å². The number of hydrogen-bond acceptors (Lipinski definition) is 6. The number of benzene rings is 1. The molecule has 1 aliphatic rings. The molecule has 8 heteroatoms. The van der Waals surface area contributed by atoms with Crippen LogP contribution in [0.5, 0.6) is 11.5 Å². The van der Waals surface area contributed by atoms with Crippen molar-refractivity contribution in [1.29, 1.82) is 0 Å². The first-order valence-electron chi connectivity index (χ1n) is 7.75. The summed E-state index contributed by atoms with van der Waals surface area (Å²) < 4.78 is 44.1. The van der Waals surface area contributed by atoms with Gasteiger partial charge in [0.25, 0.3) is 0 Å². The van der Waals surface area contributed by atoms with Crippen molar-refractivity contribution in [2.75, 3.05) is 13.2 Å². The molecule has 7 nitrogen and oxygen atoms in total. The molecule has 0 fully saturated rings. The van der Waals surface area contributed by atoms with Crippen molar-refractivity contribution in [2.24, 2.45) is 0 Å². The lowest BCUT2D eigenvalue weighted by Crippen LogP contribution is -2.42. The Morgan fingerprint density at radius 2 is 2.17 bits per heavy atom. The molecule has 0 spiro atoms. The van der Waals surface area contributed by atoms with Crippen LogP contribution in [-0.4, -0.2) is 32.8 Å². The molecule has 0 radical (unpaired) electrons. The van der Waals surface area contributed by atoms with E-state index in [2.05, 4.69) is 9.88 Å². The molecular formula is C16H20N2O5S. The molecule has 2 aromatic rings. The molecule has 0 saturated heterocycles. The van der Waals surface area contributed by atoms with E-state index in [0.29, 0.717) is 30.2 Å². The van der Waals surface area contributed by atoms with Crippen LogP contribution in [0, 0.1) is 13.8 Å². The molecule has 1 N–H and O–H groups in total. The SMILES string of the molecule is CCOc1cccc2c1OC[C@@H](NS(=O)(=O)c1c(C)noc1C)C2. The predicted octanol–water partition coefficient (Wildman–Crippen LogP) is 1.97. The van der Waals surface area contributed by atoms with E-state index in [0.717, 1.165) is 5.56 Å². The van der Waals surface area contributed by atoms with Crippen LogP contribution in [0.3, 0.4) is 0 Å². The van der Waals surface area contributed by atoms with Crippen LogP contribution >= 0.6 is 0 Å². The summed E-state index contributed by atoms with van der Waals surface area (Å²) in [7, 11) is -3.72. The third-order valence-corrected chi connectivity index (χ3v) is 5.58. The first kappa shape index (κ1) is 16.8. The summed E-state index contributed by atoms with van der Waals surface area (Å²) in [5.74, 6) is 1.64. The topological polar surface area (TPSA) is 90.7 Å². The molecule has 1 aromatic heterocycles. The zero-order valence-electron chi connectivity index (χ0n) is 13.8. The molecule has 0 bridgehead atoms. The predicted molar refractivity (Wildman–Crippen MR) is 86.9 cm³/mol. The highest BCUT2D eigenvalue weighted by atomic mass is 32.2. The maximum absolute atomic E-state index is 12.6. The summed E-state index contributed by atoms with van der Waals surface area (Å²) in [5, 5.41) is 3.70. The normalized spacial score (nSPS) is 17.2. The fraction of sp³-hybridized carbons (Fsp3) is 0.438. The van der Waals surface area contributed by atoms with Crippen molar-refractivity contribution in [3.8, 4) is 11.5 Å².